The van der Waals surface area contributed by atoms with E-state index in [2.05, 4.69) is 76.9 Å². The van der Waals surface area contributed by atoms with Gasteiger partial charge >= 0.3 is 0 Å². The standard InChI is InChI=1S/C20H25N3.HI/c1-21-20(23(2)15-16-9-5-3-6-10-16)22-14-18-13-19(18)17-11-7-4-8-12-17;/h3-12,18-19H,13-15H2,1-2H3,(H,21,22);1H. The Morgan fingerprint density at radius 2 is 1.71 bits per heavy atom. The van der Waals surface area contributed by atoms with E-state index in [4.69, 9.17) is 0 Å². The number of benzene rings is 2. The number of nitrogens with one attached hydrogen (secondary N) is 1. The van der Waals surface area contributed by atoms with Crippen LogP contribution in [0.2, 0.25) is 0 Å². The van der Waals surface area contributed by atoms with Crippen LogP contribution in [-0.2, 0) is 6.54 Å². The lowest BCUT2D eigenvalue weighted by Crippen LogP contribution is -2.39. The minimum Gasteiger partial charge on any atom is -0.356 e. The largest absolute Gasteiger partial charge is 0.356 e. The number of hydrogen-bond donors (Lipinski definition) is 1. The lowest BCUT2D eigenvalue weighted by atomic mass is 10.1. The van der Waals surface area contributed by atoms with Crippen molar-refractivity contribution in [2.75, 3.05) is 20.6 Å². The maximum absolute atomic E-state index is 4.41. The lowest BCUT2D eigenvalue weighted by Gasteiger charge is -2.22. The highest BCUT2D eigenvalue weighted by molar-refractivity contribution is 14.0. The van der Waals surface area contributed by atoms with Crippen LogP contribution < -0.4 is 5.32 Å². The summed E-state index contributed by atoms with van der Waals surface area (Å²) >= 11 is 0. The Balaban J connectivity index is 0.00000208. The van der Waals surface area contributed by atoms with Gasteiger partial charge in [-0.15, -0.1) is 24.0 Å². The van der Waals surface area contributed by atoms with Gasteiger partial charge in [-0.1, -0.05) is 60.7 Å². The van der Waals surface area contributed by atoms with Gasteiger partial charge in [0.2, 0.25) is 0 Å². The van der Waals surface area contributed by atoms with Crippen molar-refractivity contribution >= 4 is 29.9 Å². The molecular formula is C20H26IN3. The van der Waals surface area contributed by atoms with Crippen LogP contribution in [0.1, 0.15) is 23.5 Å². The summed E-state index contributed by atoms with van der Waals surface area (Å²) in [7, 11) is 3.94. The predicted molar refractivity (Wildman–Crippen MR) is 112 cm³/mol. The smallest absolute Gasteiger partial charge is 0.193 e. The number of rotatable bonds is 5. The Kier molecular flexibility index (Phi) is 7.09. The molecule has 2 aromatic carbocycles. The fourth-order valence-electron chi connectivity index (χ4n) is 3.12. The third kappa shape index (κ3) is 4.97. The molecule has 1 saturated carbocycles. The molecule has 0 aliphatic heterocycles. The van der Waals surface area contributed by atoms with Gasteiger partial charge in [-0.25, -0.2) is 0 Å². The second kappa shape index (κ2) is 9.06. The highest BCUT2D eigenvalue weighted by Crippen LogP contribution is 2.46. The monoisotopic (exact) mass is 435 g/mol. The average molecular weight is 435 g/mol. The van der Waals surface area contributed by atoms with Crippen LogP contribution in [0.5, 0.6) is 0 Å². The maximum atomic E-state index is 4.41. The molecule has 2 aromatic rings. The van der Waals surface area contributed by atoms with E-state index in [1.807, 2.05) is 13.1 Å². The quantitative estimate of drug-likeness (QED) is 0.435. The molecule has 1 N–H and O–H groups in total. The Labute approximate surface area is 162 Å². The van der Waals surface area contributed by atoms with Gasteiger partial charge in [0.05, 0.1) is 0 Å². The van der Waals surface area contributed by atoms with E-state index >= 15 is 0 Å². The van der Waals surface area contributed by atoms with Gasteiger partial charge in [0.15, 0.2) is 5.96 Å². The molecule has 128 valence electrons. The average Bonchev–Trinajstić information content (AvgIpc) is 3.37. The first-order chi connectivity index (χ1) is 11.3. The van der Waals surface area contributed by atoms with Crippen molar-refractivity contribution in [2.45, 2.75) is 18.9 Å². The Bertz CT molecular complexity index is 642. The van der Waals surface area contributed by atoms with Crippen LogP contribution in [-0.4, -0.2) is 31.5 Å². The fourth-order valence-corrected chi connectivity index (χ4v) is 3.12. The lowest BCUT2D eigenvalue weighted by molar-refractivity contribution is 0.474. The molecule has 0 heterocycles. The van der Waals surface area contributed by atoms with Gasteiger partial charge in [-0.05, 0) is 29.4 Å². The molecule has 2 unspecified atom stereocenters. The zero-order chi connectivity index (χ0) is 16.1. The van der Waals surface area contributed by atoms with Gasteiger partial charge < -0.3 is 10.2 Å². The van der Waals surface area contributed by atoms with Crippen LogP contribution in [0.15, 0.2) is 65.7 Å². The molecule has 0 saturated heterocycles. The number of nitrogens with zero attached hydrogens (tertiary/aromatic N) is 2. The third-order valence-electron chi connectivity index (χ3n) is 4.51. The highest BCUT2D eigenvalue weighted by atomic mass is 127. The van der Waals surface area contributed by atoms with Gasteiger partial charge in [-0.3, -0.25) is 4.99 Å². The molecule has 0 radical (unpaired) electrons. The molecule has 2 atom stereocenters. The summed E-state index contributed by atoms with van der Waals surface area (Å²) in [5, 5.41) is 3.53. The van der Waals surface area contributed by atoms with Gasteiger partial charge in [0.1, 0.15) is 0 Å². The first kappa shape index (κ1) is 18.8. The van der Waals surface area contributed by atoms with Crippen molar-refractivity contribution in [1.29, 1.82) is 0 Å². The van der Waals surface area contributed by atoms with Crippen molar-refractivity contribution < 1.29 is 0 Å². The number of guanidine groups is 1. The number of aliphatic imine (C=N–C) groups is 1. The van der Waals surface area contributed by atoms with Crippen LogP contribution in [0.4, 0.5) is 0 Å². The molecule has 0 bridgehead atoms. The zero-order valence-electron chi connectivity index (χ0n) is 14.4. The minimum atomic E-state index is 0. The van der Waals surface area contributed by atoms with E-state index < -0.39 is 0 Å². The zero-order valence-corrected chi connectivity index (χ0v) is 16.7. The Morgan fingerprint density at radius 1 is 1.08 bits per heavy atom. The predicted octanol–water partition coefficient (Wildman–Crippen LogP) is 4.12. The topological polar surface area (TPSA) is 27.6 Å². The minimum absolute atomic E-state index is 0. The van der Waals surface area contributed by atoms with Crippen LogP contribution in [0, 0.1) is 5.92 Å². The second-order valence-corrected chi connectivity index (χ2v) is 6.28. The van der Waals surface area contributed by atoms with E-state index in [1.165, 1.54) is 17.5 Å². The molecular weight excluding hydrogens is 409 g/mol. The summed E-state index contributed by atoms with van der Waals surface area (Å²) in [6.07, 6.45) is 1.27. The van der Waals surface area contributed by atoms with Gasteiger partial charge in [-0.2, -0.15) is 0 Å². The highest BCUT2D eigenvalue weighted by Gasteiger charge is 2.37. The van der Waals surface area contributed by atoms with Gasteiger partial charge in [0.25, 0.3) is 0 Å². The van der Waals surface area contributed by atoms with Crippen molar-refractivity contribution in [3.05, 3.63) is 71.8 Å². The Morgan fingerprint density at radius 3 is 2.33 bits per heavy atom. The van der Waals surface area contributed by atoms with E-state index in [1.54, 1.807) is 0 Å². The van der Waals surface area contributed by atoms with Gasteiger partial charge in [0, 0.05) is 27.2 Å². The fraction of sp³-hybridized carbons (Fsp3) is 0.350. The van der Waals surface area contributed by atoms with Crippen molar-refractivity contribution in [2.24, 2.45) is 10.9 Å². The third-order valence-corrected chi connectivity index (χ3v) is 4.51. The molecule has 1 fully saturated rings. The molecule has 24 heavy (non-hydrogen) atoms. The molecule has 4 heteroatoms. The molecule has 3 nitrogen and oxygen atoms in total. The van der Waals surface area contributed by atoms with E-state index in [9.17, 15) is 0 Å². The number of hydrogen-bond acceptors (Lipinski definition) is 1. The van der Waals surface area contributed by atoms with E-state index in [0.717, 1.165) is 25.0 Å². The maximum Gasteiger partial charge on any atom is 0.193 e. The summed E-state index contributed by atoms with van der Waals surface area (Å²) in [6, 6.07) is 21.3. The first-order valence-electron chi connectivity index (χ1n) is 8.28. The summed E-state index contributed by atoms with van der Waals surface area (Å²) in [5.41, 5.74) is 2.76. The Hall–Kier alpha value is -1.56. The summed E-state index contributed by atoms with van der Waals surface area (Å²) in [5.74, 6) is 2.40. The molecule has 1 aliphatic carbocycles. The molecule has 0 amide bonds. The van der Waals surface area contributed by atoms with Crippen molar-refractivity contribution in [3.8, 4) is 0 Å². The summed E-state index contributed by atoms with van der Waals surface area (Å²) in [4.78, 5) is 6.59. The van der Waals surface area contributed by atoms with Crippen LogP contribution in [0.25, 0.3) is 0 Å². The molecule has 1 aliphatic rings. The van der Waals surface area contributed by atoms with Crippen LogP contribution in [0.3, 0.4) is 0 Å². The number of halogens is 1. The molecule has 0 spiro atoms. The summed E-state index contributed by atoms with van der Waals surface area (Å²) < 4.78 is 0. The van der Waals surface area contributed by atoms with Crippen molar-refractivity contribution in [3.63, 3.8) is 0 Å². The molecule has 0 aromatic heterocycles. The van der Waals surface area contributed by atoms with Crippen LogP contribution >= 0.6 is 24.0 Å². The van der Waals surface area contributed by atoms with E-state index in [0.29, 0.717) is 5.92 Å². The molecule has 3 rings (SSSR count). The SMILES string of the molecule is CN=C(NCC1CC1c1ccccc1)N(C)Cc1ccccc1.I. The van der Waals surface area contributed by atoms with E-state index in [-0.39, 0.29) is 24.0 Å². The second-order valence-electron chi connectivity index (χ2n) is 6.28. The normalized spacial score (nSPS) is 19.3. The summed E-state index contributed by atoms with van der Waals surface area (Å²) in [6.45, 7) is 1.86. The first-order valence-corrected chi connectivity index (χ1v) is 8.28. The van der Waals surface area contributed by atoms with Crippen molar-refractivity contribution in [1.82, 2.24) is 10.2 Å².